The van der Waals surface area contributed by atoms with Crippen molar-refractivity contribution < 1.29 is 14.3 Å². The Bertz CT molecular complexity index is 869. The Morgan fingerprint density at radius 3 is 2.38 bits per heavy atom. The lowest BCUT2D eigenvalue weighted by atomic mass is 10.1. The predicted molar refractivity (Wildman–Crippen MR) is 104 cm³/mol. The molecule has 0 bridgehead atoms. The normalized spacial score (nSPS) is 10.3. The van der Waals surface area contributed by atoms with Gasteiger partial charge in [-0.2, -0.15) is 0 Å². The van der Waals surface area contributed by atoms with E-state index in [9.17, 15) is 9.59 Å². The van der Waals surface area contributed by atoms with E-state index in [2.05, 4.69) is 5.32 Å². The van der Waals surface area contributed by atoms with Crippen LogP contribution >= 0.6 is 11.3 Å². The molecule has 0 saturated carbocycles. The maximum absolute atomic E-state index is 12.0. The molecule has 4 nitrogen and oxygen atoms in total. The first-order valence-electron chi connectivity index (χ1n) is 8.31. The van der Waals surface area contributed by atoms with Crippen LogP contribution < -0.4 is 10.1 Å². The zero-order valence-electron chi connectivity index (χ0n) is 14.4. The van der Waals surface area contributed by atoms with Gasteiger partial charge in [-0.25, -0.2) is 0 Å². The van der Waals surface area contributed by atoms with Crippen LogP contribution in [-0.4, -0.2) is 11.9 Å². The highest BCUT2D eigenvalue weighted by atomic mass is 32.1. The largest absolute Gasteiger partial charge is 0.427 e. The van der Waals surface area contributed by atoms with Crippen LogP contribution in [0.1, 0.15) is 27.2 Å². The minimum absolute atomic E-state index is 0.150. The smallest absolute Gasteiger partial charge is 0.311 e. The molecule has 1 heterocycles. The first-order chi connectivity index (χ1) is 12.6. The van der Waals surface area contributed by atoms with Gasteiger partial charge in [0.15, 0.2) is 0 Å². The van der Waals surface area contributed by atoms with Gasteiger partial charge in [0.25, 0.3) is 5.91 Å². The van der Waals surface area contributed by atoms with Crippen molar-refractivity contribution in [2.75, 3.05) is 5.32 Å². The lowest BCUT2D eigenvalue weighted by molar-refractivity contribution is -0.134. The molecule has 0 aliphatic heterocycles. The van der Waals surface area contributed by atoms with Gasteiger partial charge in [-0.15, -0.1) is 11.3 Å². The molecular formula is C21H19NO3S. The van der Waals surface area contributed by atoms with Gasteiger partial charge in [-0.05, 0) is 54.6 Å². The molecule has 3 aromatic rings. The Hall–Kier alpha value is -2.92. The van der Waals surface area contributed by atoms with Crippen molar-refractivity contribution in [2.24, 2.45) is 0 Å². The summed E-state index contributed by atoms with van der Waals surface area (Å²) in [6.45, 7) is 2.03. The highest BCUT2D eigenvalue weighted by molar-refractivity contribution is 7.12. The van der Waals surface area contributed by atoms with Crippen molar-refractivity contribution >= 4 is 28.9 Å². The number of rotatable bonds is 6. The molecule has 0 saturated heterocycles. The van der Waals surface area contributed by atoms with Gasteiger partial charge in [-0.1, -0.05) is 35.9 Å². The SMILES string of the molecule is Cc1ccc(CCC(=O)Oc2ccc(NC(=O)c3cccs3)cc2)cc1. The van der Waals surface area contributed by atoms with Crippen molar-refractivity contribution in [1.29, 1.82) is 0 Å². The van der Waals surface area contributed by atoms with Gasteiger partial charge in [0.05, 0.1) is 4.88 Å². The van der Waals surface area contributed by atoms with E-state index in [0.717, 1.165) is 5.56 Å². The van der Waals surface area contributed by atoms with Gasteiger partial charge in [0.1, 0.15) is 5.75 Å². The van der Waals surface area contributed by atoms with E-state index >= 15 is 0 Å². The van der Waals surface area contributed by atoms with Crippen LogP contribution in [0.5, 0.6) is 5.75 Å². The van der Waals surface area contributed by atoms with E-state index in [1.165, 1.54) is 16.9 Å². The minimum atomic E-state index is -0.277. The molecule has 132 valence electrons. The topological polar surface area (TPSA) is 55.4 Å². The maximum atomic E-state index is 12.0. The third-order valence-electron chi connectivity index (χ3n) is 3.83. The summed E-state index contributed by atoms with van der Waals surface area (Å²) in [6, 6.07) is 18.5. The van der Waals surface area contributed by atoms with Gasteiger partial charge in [0.2, 0.25) is 0 Å². The molecule has 5 heteroatoms. The number of anilines is 1. The second kappa shape index (κ2) is 8.45. The number of aryl methyl sites for hydroxylation is 2. The molecule has 0 fully saturated rings. The number of benzene rings is 2. The Balaban J connectivity index is 1.49. The summed E-state index contributed by atoms with van der Waals surface area (Å²) in [7, 11) is 0. The molecule has 0 aliphatic carbocycles. The second-order valence-electron chi connectivity index (χ2n) is 5.92. The summed E-state index contributed by atoms with van der Waals surface area (Å²) in [4.78, 5) is 24.6. The highest BCUT2D eigenvalue weighted by Crippen LogP contribution is 2.18. The fourth-order valence-corrected chi connectivity index (χ4v) is 3.01. The zero-order valence-corrected chi connectivity index (χ0v) is 15.2. The number of carbonyl (C=O) groups is 2. The van der Waals surface area contributed by atoms with Crippen LogP contribution in [0.2, 0.25) is 0 Å². The van der Waals surface area contributed by atoms with Gasteiger partial charge < -0.3 is 10.1 Å². The molecule has 2 aromatic carbocycles. The predicted octanol–water partition coefficient (Wildman–Crippen LogP) is 4.85. The summed E-state index contributed by atoms with van der Waals surface area (Å²) in [5.41, 5.74) is 2.96. The monoisotopic (exact) mass is 365 g/mol. The summed E-state index contributed by atoms with van der Waals surface area (Å²) >= 11 is 1.38. The number of ether oxygens (including phenoxy) is 1. The Morgan fingerprint density at radius 2 is 1.73 bits per heavy atom. The number of esters is 1. The molecule has 26 heavy (non-hydrogen) atoms. The van der Waals surface area contributed by atoms with Crippen molar-refractivity contribution in [3.63, 3.8) is 0 Å². The van der Waals surface area contributed by atoms with E-state index in [0.29, 0.717) is 29.2 Å². The zero-order chi connectivity index (χ0) is 18.4. The summed E-state index contributed by atoms with van der Waals surface area (Å²) in [5.74, 6) is 0.0387. The Morgan fingerprint density at radius 1 is 1.00 bits per heavy atom. The summed E-state index contributed by atoms with van der Waals surface area (Å²) < 4.78 is 5.34. The fraction of sp³-hybridized carbons (Fsp3) is 0.143. The van der Waals surface area contributed by atoms with Crippen LogP contribution in [0, 0.1) is 6.92 Å². The number of thiophene rings is 1. The Labute approximate surface area is 156 Å². The standard InChI is InChI=1S/C21H19NO3S/c1-15-4-6-16(7-5-15)8-13-20(23)25-18-11-9-17(10-12-18)22-21(24)19-3-2-14-26-19/h2-7,9-12,14H,8,13H2,1H3,(H,22,24). The van der Waals surface area contributed by atoms with Gasteiger partial charge >= 0.3 is 5.97 Å². The van der Waals surface area contributed by atoms with Gasteiger partial charge in [0, 0.05) is 12.1 Å². The van der Waals surface area contributed by atoms with Gasteiger partial charge in [-0.3, -0.25) is 9.59 Å². The third kappa shape index (κ3) is 5.04. The summed E-state index contributed by atoms with van der Waals surface area (Å²) in [5, 5.41) is 4.66. The molecule has 0 spiro atoms. The van der Waals surface area contributed by atoms with Crippen molar-refractivity contribution in [3.8, 4) is 5.75 Å². The molecule has 1 N–H and O–H groups in total. The van der Waals surface area contributed by atoms with E-state index in [1.807, 2.05) is 42.6 Å². The van der Waals surface area contributed by atoms with Crippen LogP contribution in [0.15, 0.2) is 66.0 Å². The van der Waals surface area contributed by atoms with Crippen LogP contribution in [0.3, 0.4) is 0 Å². The van der Waals surface area contributed by atoms with Crippen LogP contribution in [0.25, 0.3) is 0 Å². The van der Waals surface area contributed by atoms with E-state index in [1.54, 1.807) is 30.3 Å². The average molecular weight is 365 g/mol. The molecule has 0 atom stereocenters. The first-order valence-corrected chi connectivity index (χ1v) is 9.19. The molecular weight excluding hydrogens is 346 g/mol. The molecule has 0 aliphatic rings. The molecule has 1 aromatic heterocycles. The fourth-order valence-electron chi connectivity index (χ4n) is 2.39. The molecule has 3 rings (SSSR count). The maximum Gasteiger partial charge on any atom is 0.311 e. The number of carbonyl (C=O) groups excluding carboxylic acids is 2. The Kier molecular flexibility index (Phi) is 5.81. The van der Waals surface area contributed by atoms with E-state index in [4.69, 9.17) is 4.74 Å². The number of hydrogen-bond donors (Lipinski definition) is 1. The van der Waals surface area contributed by atoms with Crippen LogP contribution in [-0.2, 0) is 11.2 Å². The number of hydrogen-bond acceptors (Lipinski definition) is 4. The summed E-state index contributed by atoms with van der Waals surface area (Å²) in [6.07, 6.45) is 0.966. The first kappa shape index (κ1) is 17.9. The molecule has 1 amide bonds. The van der Waals surface area contributed by atoms with Crippen molar-refractivity contribution in [3.05, 3.63) is 82.0 Å². The van der Waals surface area contributed by atoms with Crippen molar-refractivity contribution in [2.45, 2.75) is 19.8 Å². The third-order valence-corrected chi connectivity index (χ3v) is 4.70. The molecule has 0 unspecified atom stereocenters. The van der Waals surface area contributed by atoms with E-state index in [-0.39, 0.29) is 11.9 Å². The number of nitrogens with one attached hydrogen (secondary N) is 1. The second-order valence-corrected chi connectivity index (χ2v) is 6.86. The molecule has 0 radical (unpaired) electrons. The van der Waals surface area contributed by atoms with E-state index < -0.39 is 0 Å². The lowest BCUT2D eigenvalue weighted by Crippen LogP contribution is -2.11. The lowest BCUT2D eigenvalue weighted by Gasteiger charge is -2.07. The quantitative estimate of drug-likeness (QED) is 0.502. The highest BCUT2D eigenvalue weighted by Gasteiger charge is 2.08. The van der Waals surface area contributed by atoms with Crippen LogP contribution in [0.4, 0.5) is 5.69 Å². The average Bonchev–Trinajstić information content (AvgIpc) is 3.18. The van der Waals surface area contributed by atoms with Crippen molar-refractivity contribution in [1.82, 2.24) is 0 Å². The number of amides is 1. The minimum Gasteiger partial charge on any atom is -0.427 e.